The molecule has 2 rings (SSSR count). The molecular formula is C10H13NO. The zero-order valence-corrected chi connectivity index (χ0v) is 7.29. The van der Waals surface area contributed by atoms with Crippen LogP contribution in [0.4, 0.5) is 0 Å². The molecule has 1 aliphatic rings. The van der Waals surface area contributed by atoms with E-state index in [1.54, 1.807) is 0 Å². The van der Waals surface area contributed by atoms with Gasteiger partial charge in [-0.15, -0.1) is 0 Å². The van der Waals surface area contributed by atoms with Crippen LogP contribution < -0.4 is 0 Å². The molecule has 0 saturated heterocycles. The second-order valence-electron chi connectivity index (χ2n) is 3.99. The third-order valence-electron chi connectivity index (χ3n) is 2.64. The number of carbonyl (C=O) groups excluding carboxylic acids is 1. The van der Waals surface area contributed by atoms with Gasteiger partial charge < -0.3 is 4.57 Å². The first-order chi connectivity index (χ1) is 5.73. The zero-order valence-electron chi connectivity index (χ0n) is 7.29. The van der Waals surface area contributed by atoms with E-state index in [4.69, 9.17) is 0 Å². The van der Waals surface area contributed by atoms with Gasteiger partial charge in [-0.3, -0.25) is 4.79 Å². The van der Waals surface area contributed by atoms with Crippen molar-refractivity contribution in [1.82, 2.24) is 4.57 Å². The fourth-order valence-corrected chi connectivity index (χ4v) is 1.46. The Kier molecular flexibility index (Phi) is 1.56. The molecule has 2 nitrogen and oxygen atoms in total. The molecule has 1 aliphatic carbocycles. The van der Waals surface area contributed by atoms with Crippen molar-refractivity contribution in [2.24, 2.45) is 5.41 Å². The lowest BCUT2D eigenvalue weighted by molar-refractivity contribution is 0.111. The highest BCUT2D eigenvalue weighted by atomic mass is 16.1. The lowest BCUT2D eigenvalue weighted by Gasteiger charge is -2.10. The highest BCUT2D eigenvalue weighted by Crippen LogP contribution is 2.46. The summed E-state index contributed by atoms with van der Waals surface area (Å²) in [6.07, 6.45) is 5.49. The third kappa shape index (κ3) is 1.29. The van der Waals surface area contributed by atoms with Crippen molar-refractivity contribution in [1.29, 1.82) is 0 Å². The van der Waals surface area contributed by atoms with Crippen molar-refractivity contribution in [2.75, 3.05) is 0 Å². The van der Waals surface area contributed by atoms with Gasteiger partial charge in [-0.1, -0.05) is 6.92 Å². The van der Waals surface area contributed by atoms with Crippen LogP contribution in [0.3, 0.4) is 0 Å². The summed E-state index contributed by atoms with van der Waals surface area (Å²) in [5, 5.41) is 0. The zero-order chi connectivity index (χ0) is 8.60. The SMILES string of the molecule is CC1(Cn2cccc2C=O)CC1. The molecule has 0 amide bonds. The fourth-order valence-electron chi connectivity index (χ4n) is 1.46. The van der Waals surface area contributed by atoms with Gasteiger partial charge in [0.1, 0.15) is 0 Å². The summed E-state index contributed by atoms with van der Waals surface area (Å²) in [7, 11) is 0. The number of aromatic nitrogens is 1. The minimum Gasteiger partial charge on any atom is -0.345 e. The van der Waals surface area contributed by atoms with E-state index in [1.165, 1.54) is 12.8 Å². The molecule has 0 spiro atoms. The van der Waals surface area contributed by atoms with E-state index < -0.39 is 0 Å². The van der Waals surface area contributed by atoms with Gasteiger partial charge in [-0.2, -0.15) is 0 Å². The average molecular weight is 163 g/mol. The number of hydrogen-bond donors (Lipinski definition) is 0. The smallest absolute Gasteiger partial charge is 0.166 e. The van der Waals surface area contributed by atoms with Crippen LogP contribution in [0.25, 0.3) is 0 Å². The molecule has 0 radical (unpaired) electrons. The molecule has 0 bridgehead atoms. The van der Waals surface area contributed by atoms with E-state index in [2.05, 4.69) is 6.92 Å². The lowest BCUT2D eigenvalue weighted by atomic mass is 10.1. The summed E-state index contributed by atoms with van der Waals surface area (Å²) < 4.78 is 2.04. The van der Waals surface area contributed by atoms with Crippen molar-refractivity contribution >= 4 is 6.29 Å². The van der Waals surface area contributed by atoms with Crippen molar-refractivity contribution in [3.8, 4) is 0 Å². The summed E-state index contributed by atoms with van der Waals surface area (Å²) in [6.45, 7) is 3.26. The molecule has 1 heterocycles. The molecule has 0 N–H and O–H groups in total. The highest BCUT2D eigenvalue weighted by molar-refractivity contribution is 5.72. The first kappa shape index (κ1) is 7.59. The fraction of sp³-hybridized carbons (Fsp3) is 0.500. The monoisotopic (exact) mass is 163 g/mol. The van der Waals surface area contributed by atoms with Crippen molar-refractivity contribution in [3.63, 3.8) is 0 Å². The molecule has 0 aromatic carbocycles. The van der Waals surface area contributed by atoms with Gasteiger partial charge in [0.25, 0.3) is 0 Å². The Hall–Kier alpha value is -1.05. The van der Waals surface area contributed by atoms with Crippen LogP contribution in [0.15, 0.2) is 18.3 Å². The van der Waals surface area contributed by atoms with Gasteiger partial charge in [-0.05, 0) is 30.4 Å². The second-order valence-corrected chi connectivity index (χ2v) is 3.99. The topological polar surface area (TPSA) is 22.0 Å². The maximum atomic E-state index is 10.6. The van der Waals surface area contributed by atoms with E-state index in [1.807, 2.05) is 22.9 Å². The minimum atomic E-state index is 0.469. The first-order valence-corrected chi connectivity index (χ1v) is 4.34. The Morgan fingerprint density at radius 2 is 2.42 bits per heavy atom. The Balaban J connectivity index is 2.16. The number of aldehydes is 1. The van der Waals surface area contributed by atoms with Crippen molar-refractivity contribution < 1.29 is 4.79 Å². The predicted molar refractivity (Wildman–Crippen MR) is 47.2 cm³/mol. The molecule has 0 aliphatic heterocycles. The van der Waals surface area contributed by atoms with Crippen molar-refractivity contribution in [2.45, 2.75) is 26.3 Å². The molecule has 1 fully saturated rings. The highest BCUT2D eigenvalue weighted by Gasteiger charge is 2.37. The van der Waals surface area contributed by atoms with Gasteiger partial charge in [0.15, 0.2) is 6.29 Å². The summed E-state index contributed by atoms with van der Waals surface area (Å²) in [6, 6.07) is 3.79. The number of hydrogen-bond acceptors (Lipinski definition) is 1. The van der Waals surface area contributed by atoms with Crippen LogP contribution in [0, 0.1) is 5.41 Å². The number of carbonyl (C=O) groups is 1. The number of rotatable bonds is 3. The minimum absolute atomic E-state index is 0.469. The van der Waals surface area contributed by atoms with E-state index in [0.717, 1.165) is 18.5 Å². The molecule has 0 atom stereocenters. The third-order valence-corrected chi connectivity index (χ3v) is 2.64. The average Bonchev–Trinajstić information content (AvgIpc) is 2.64. The molecule has 1 aromatic heterocycles. The Bertz CT molecular complexity index is 297. The summed E-state index contributed by atoms with van der Waals surface area (Å²) in [4.78, 5) is 10.6. The van der Waals surface area contributed by atoms with Gasteiger partial charge >= 0.3 is 0 Å². The maximum absolute atomic E-state index is 10.6. The molecular weight excluding hydrogens is 150 g/mol. The van der Waals surface area contributed by atoms with E-state index >= 15 is 0 Å². The van der Waals surface area contributed by atoms with Crippen LogP contribution >= 0.6 is 0 Å². The van der Waals surface area contributed by atoms with E-state index in [0.29, 0.717) is 5.41 Å². The standard InChI is InChI=1S/C10H13NO/c1-10(4-5-10)8-11-6-2-3-9(11)7-12/h2-3,6-7H,4-5,8H2,1H3. The summed E-state index contributed by atoms with van der Waals surface area (Å²) >= 11 is 0. The van der Waals surface area contributed by atoms with E-state index in [9.17, 15) is 4.79 Å². The van der Waals surface area contributed by atoms with Gasteiger partial charge in [0.05, 0.1) is 5.69 Å². The van der Waals surface area contributed by atoms with Gasteiger partial charge in [-0.25, -0.2) is 0 Å². The number of nitrogens with zero attached hydrogens (tertiary/aromatic N) is 1. The molecule has 2 heteroatoms. The van der Waals surface area contributed by atoms with Crippen LogP contribution in [-0.2, 0) is 6.54 Å². The van der Waals surface area contributed by atoms with Crippen molar-refractivity contribution in [3.05, 3.63) is 24.0 Å². The second kappa shape index (κ2) is 2.47. The largest absolute Gasteiger partial charge is 0.345 e. The predicted octanol–water partition coefficient (Wildman–Crippen LogP) is 2.10. The first-order valence-electron chi connectivity index (χ1n) is 4.34. The molecule has 64 valence electrons. The molecule has 1 saturated carbocycles. The van der Waals surface area contributed by atoms with Crippen LogP contribution in [-0.4, -0.2) is 10.9 Å². The van der Waals surface area contributed by atoms with Crippen LogP contribution in [0.1, 0.15) is 30.3 Å². The van der Waals surface area contributed by atoms with E-state index in [-0.39, 0.29) is 0 Å². The molecule has 12 heavy (non-hydrogen) atoms. The van der Waals surface area contributed by atoms with Gasteiger partial charge in [0.2, 0.25) is 0 Å². The lowest BCUT2D eigenvalue weighted by Crippen LogP contribution is -2.09. The Morgan fingerprint density at radius 1 is 1.67 bits per heavy atom. The molecule has 0 unspecified atom stereocenters. The summed E-state index contributed by atoms with van der Waals surface area (Å²) in [5.74, 6) is 0. The quantitative estimate of drug-likeness (QED) is 0.625. The maximum Gasteiger partial charge on any atom is 0.166 e. The molecule has 1 aromatic rings. The Morgan fingerprint density at radius 3 is 3.00 bits per heavy atom. The van der Waals surface area contributed by atoms with Crippen LogP contribution in [0.5, 0.6) is 0 Å². The van der Waals surface area contributed by atoms with Gasteiger partial charge in [0, 0.05) is 12.7 Å². The Labute approximate surface area is 72.2 Å². The summed E-state index contributed by atoms with van der Waals surface area (Å²) in [5.41, 5.74) is 1.26. The normalized spacial score (nSPS) is 19.1. The van der Waals surface area contributed by atoms with Crippen LogP contribution in [0.2, 0.25) is 0 Å².